The normalized spacial score (nSPS) is 34.6. The fraction of sp³-hybridized carbons (Fsp3) is 0.462. The topological polar surface area (TPSA) is 239 Å². The number of aliphatic hydroxyl groups excluding tert-OH is 8. The number of rotatable bonds is 8. The van der Waals surface area contributed by atoms with Crippen molar-refractivity contribution in [3.63, 3.8) is 0 Å². The van der Waals surface area contributed by atoms with Crippen LogP contribution in [0.25, 0.3) is 12.2 Å². The van der Waals surface area contributed by atoms with Crippen molar-refractivity contribution in [1.82, 2.24) is 0 Å². The van der Waals surface area contributed by atoms with Gasteiger partial charge in [-0.25, -0.2) is 0 Å². The Morgan fingerprint density at radius 2 is 1.15 bits per heavy atom. The van der Waals surface area contributed by atoms with Gasteiger partial charge in [0.1, 0.15) is 60.3 Å². The largest absolute Gasteiger partial charge is 0.508 e. The zero-order chi connectivity index (χ0) is 29.1. The molecule has 4 rings (SSSR count). The minimum atomic E-state index is -1.81. The SMILES string of the molecule is OC[C@H]1O[C@@H](Oc2c(/C=C\c3ccc(O)cc3)cc(O)cc2O[C@H]2O[C@H](CO)[C@@H](O)[C@H](O)[C@H]2O)[C@H](O)[C@@H](O)[C@@H]1O. The maximum absolute atomic E-state index is 10.5. The molecule has 2 aliphatic rings. The van der Waals surface area contributed by atoms with Crippen LogP contribution in [0.3, 0.4) is 0 Å². The molecular formula is C26H32O14. The van der Waals surface area contributed by atoms with Gasteiger partial charge >= 0.3 is 0 Å². The van der Waals surface area contributed by atoms with Crippen LogP contribution >= 0.6 is 0 Å². The number of aliphatic hydroxyl groups is 8. The number of phenols is 2. The zero-order valence-corrected chi connectivity index (χ0v) is 20.9. The van der Waals surface area contributed by atoms with Crippen molar-refractivity contribution in [2.24, 2.45) is 0 Å². The van der Waals surface area contributed by atoms with Crippen LogP contribution in [0, 0.1) is 0 Å². The monoisotopic (exact) mass is 568 g/mol. The van der Waals surface area contributed by atoms with Crippen molar-refractivity contribution < 1.29 is 70.0 Å². The second-order valence-electron chi connectivity index (χ2n) is 9.42. The minimum absolute atomic E-state index is 0.0383. The molecule has 14 heteroatoms. The number of phenolic OH excluding ortho intramolecular Hbond substituents is 2. The summed E-state index contributed by atoms with van der Waals surface area (Å²) in [5.74, 6) is -0.858. The molecule has 0 aliphatic carbocycles. The molecule has 40 heavy (non-hydrogen) atoms. The predicted octanol–water partition coefficient (Wildman–Crippen LogP) is -2.37. The molecule has 2 aliphatic heterocycles. The first-order valence-corrected chi connectivity index (χ1v) is 12.3. The molecule has 2 saturated heterocycles. The molecule has 2 aromatic carbocycles. The molecule has 0 bridgehead atoms. The summed E-state index contributed by atoms with van der Waals surface area (Å²) in [7, 11) is 0. The maximum atomic E-state index is 10.5. The lowest BCUT2D eigenvalue weighted by molar-refractivity contribution is -0.282. The summed E-state index contributed by atoms with van der Waals surface area (Å²) in [5, 5.41) is 100. The Morgan fingerprint density at radius 3 is 1.68 bits per heavy atom. The molecule has 0 radical (unpaired) electrons. The van der Waals surface area contributed by atoms with Crippen LogP contribution < -0.4 is 9.47 Å². The van der Waals surface area contributed by atoms with Gasteiger partial charge in [-0.15, -0.1) is 0 Å². The van der Waals surface area contributed by atoms with Crippen molar-refractivity contribution in [3.05, 3.63) is 47.5 Å². The third kappa shape index (κ3) is 6.31. The summed E-state index contributed by atoms with van der Waals surface area (Å²) in [5.41, 5.74) is 0.737. The number of hydrogen-bond donors (Lipinski definition) is 10. The summed E-state index contributed by atoms with van der Waals surface area (Å²) in [6.07, 6.45) is -13.4. The van der Waals surface area contributed by atoms with Gasteiger partial charge in [-0.2, -0.15) is 0 Å². The van der Waals surface area contributed by atoms with Crippen molar-refractivity contribution in [3.8, 4) is 23.0 Å². The lowest BCUT2D eigenvalue weighted by atomic mass is 9.99. The van der Waals surface area contributed by atoms with E-state index in [1.807, 2.05) is 0 Å². The summed E-state index contributed by atoms with van der Waals surface area (Å²) < 4.78 is 22.4. The first-order chi connectivity index (χ1) is 19.0. The van der Waals surface area contributed by atoms with Gasteiger partial charge in [-0.05, 0) is 23.8 Å². The van der Waals surface area contributed by atoms with Crippen LogP contribution in [0.4, 0.5) is 0 Å². The Morgan fingerprint density at radius 1 is 0.625 bits per heavy atom. The average Bonchev–Trinajstić information content (AvgIpc) is 2.94. The van der Waals surface area contributed by atoms with E-state index in [0.717, 1.165) is 6.07 Å². The molecule has 0 amide bonds. The molecule has 0 aromatic heterocycles. The standard InChI is InChI=1S/C26H32O14/c27-9-16-18(31)20(33)22(35)25(38-16)37-15-8-14(30)7-12(4-1-11-2-5-13(29)6-3-11)24(15)40-26-23(36)21(34)19(32)17(10-28)39-26/h1-8,16-23,25-36H,9-10H2/b4-1-/t16-,17-,18-,19-,20+,21+,22-,23-,25+,26+/m1/s1. The van der Waals surface area contributed by atoms with Gasteiger partial charge in [-0.1, -0.05) is 24.3 Å². The van der Waals surface area contributed by atoms with E-state index in [1.54, 1.807) is 18.2 Å². The molecule has 2 aromatic rings. The molecule has 0 saturated carbocycles. The van der Waals surface area contributed by atoms with Crippen LogP contribution in [-0.2, 0) is 9.47 Å². The van der Waals surface area contributed by atoms with Gasteiger partial charge in [0.2, 0.25) is 12.6 Å². The van der Waals surface area contributed by atoms with E-state index in [-0.39, 0.29) is 28.6 Å². The molecule has 0 unspecified atom stereocenters. The molecule has 14 nitrogen and oxygen atoms in total. The highest BCUT2D eigenvalue weighted by atomic mass is 16.7. The van der Waals surface area contributed by atoms with Gasteiger partial charge in [0.15, 0.2) is 11.5 Å². The summed E-state index contributed by atoms with van der Waals surface area (Å²) in [6.45, 7) is -1.44. The van der Waals surface area contributed by atoms with E-state index in [4.69, 9.17) is 18.9 Å². The second kappa shape index (κ2) is 12.7. The van der Waals surface area contributed by atoms with E-state index in [9.17, 15) is 51.1 Å². The average molecular weight is 569 g/mol. The number of aromatic hydroxyl groups is 2. The van der Waals surface area contributed by atoms with Gasteiger partial charge in [-0.3, -0.25) is 0 Å². The Labute approximate surface area is 227 Å². The Kier molecular flexibility index (Phi) is 9.48. The fourth-order valence-corrected chi connectivity index (χ4v) is 4.29. The first kappa shape index (κ1) is 30.0. The van der Waals surface area contributed by atoms with E-state index >= 15 is 0 Å². The third-order valence-electron chi connectivity index (χ3n) is 6.59. The van der Waals surface area contributed by atoms with Crippen molar-refractivity contribution in [1.29, 1.82) is 0 Å². The van der Waals surface area contributed by atoms with E-state index < -0.39 is 74.6 Å². The smallest absolute Gasteiger partial charge is 0.229 e. The van der Waals surface area contributed by atoms with Crippen LogP contribution in [-0.4, -0.2) is 126 Å². The van der Waals surface area contributed by atoms with E-state index in [0.29, 0.717) is 5.56 Å². The Balaban J connectivity index is 1.73. The lowest BCUT2D eigenvalue weighted by Gasteiger charge is -2.41. The molecule has 10 atom stereocenters. The Bertz CT molecular complexity index is 1150. The molecular weight excluding hydrogens is 536 g/mol. The Hall–Kier alpha value is -3.02. The van der Waals surface area contributed by atoms with Gasteiger partial charge in [0, 0.05) is 11.6 Å². The molecule has 0 spiro atoms. The van der Waals surface area contributed by atoms with Crippen molar-refractivity contribution in [2.75, 3.05) is 13.2 Å². The van der Waals surface area contributed by atoms with Gasteiger partial charge in [0.25, 0.3) is 0 Å². The van der Waals surface area contributed by atoms with Crippen LogP contribution in [0.5, 0.6) is 23.0 Å². The summed E-state index contributed by atoms with van der Waals surface area (Å²) in [4.78, 5) is 0. The van der Waals surface area contributed by atoms with Gasteiger partial charge < -0.3 is 70.0 Å². The summed E-state index contributed by atoms with van der Waals surface area (Å²) in [6, 6.07) is 8.38. The quantitative estimate of drug-likeness (QED) is 0.150. The highest BCUT2D eigenvalue weighted by Crippen LogP contribution is 2.40. The summed E-state index contributed by atoms with van der Waals surface area (Å²) >= 11 is 0. The number of benzene rings is 2. The number of hydrogen-bond acceptors (Lipinski definition) is 14. The molecule has 2 heterocycles. The minimum Gasteiger partial charge on any atom is -0.508 e. The van der Waals surface area contributed by atoms with Crippen LogP contribution in [0.15, 0.2) is 36.4 Å². The molecule has 2 fully saturated rings. The predicted molar refractivity (Wildman–Crippen MR) is 134 cm³/mol. The lowest BCUT2D eigenvalue weighted by Crippen LogP contribution is -2.60. The highest BCUT2D eigenvalue weighted by molar-refractivity contribution is 5.75. The van der Waals surface area contributed by atoms with Crippen LogP contribution in [0.1, 0.15) is 11.1 Å². The molecule has 220 valence electrons. The number of ether oxygens (including phenoxy) is 4. The zero-order valence-electron chi connectivity index (χ0n) is 20.9. The van der Waals surface area contributed by atoms with Crippen molar-refractivity contribution in [2.45, 2.75) is 61.4 Å². The van der Waals surface area contributed by atoms with Crippen molar-refractivity contribution >= 4 is 12.2 Å². The van der Waals surface area contributed by atoms with Crippen LogP contribution in [0.2, 0.25) is 0 Å². The highest BCUT2D eigenvalue weighted by Gasteiger charge is 2.47. The fourth-order valence-electron chi connectivity index (χ4n) is 4.29. The first-order valence-electron chi connectivity index (χ1n) is 12.3. The van der Waals surface area contributed by atoms with E-state index in [2.05, 4.69) is 0 Å². The third-order valence-corrected chi connectivity index (χ3v) is 6.59. The second-order valence-corrected chi connectivity index (χ2v) is 9.42. The maximum Gasteiger partial charge on any atom is 0.229 e. The van der Waals surface area contributed by atoms with E-state index in [1.165, 1.54) is 24.3 Å². The van der Waals surface area contributed by atoms with Gasteiger partial charge in [0.05, 0.1) is 13.2 Å². The molecule has 10 N–H and O–H groups in total.